The smallest absolute Gasteiger partial charge is 0.414 e. The van der Waals surface area contributed by atoms with Crippen LogP contribution in [0, 0.1) is 5.82 Å². The zero-order valence-electron chi connectivity index (χ0n) is 14.2. The molecule has 1 atom stereocenters. The van der Waals surface area contributed by atoms with Gasteiger partial charge in [0.15, 0.2) is 5.76 Å². The molecule has 3 N–H and O–H groups in total. The summed E-state index contributed by atoms with van der Waals surface area (Å²) < 4.78 is 26.3. The summed E-state index contributed by atoms with van der Waals surface area (Å²) in [6.45, 7) is 0.268. The van der Waals surface area contributed by atoms with E-state index in [2.05, 4.69) is 5.16 Å². The predicted octanol–water partition coefficient (Wildman–Crippen LogP) is 2.05. The highest BCUT2D eigenvalue weighted by Gasteiger charge is 2.31. The van der Waals surface area contributed by atoms with Gasteiger partial charge in [-0.25, -0.2) is 9.18 Å². The molecule has 8 nitrogen and oxygen atoms in total. The second kappa shape index (κ2) is 6.86. The minimum absolute atomic E-state index is 0.217. The van der Waals surface area contributed by atoms with E-state index in [1.807, 2.05) is 0 Å². The molecule has 9 heteroatoms. The van der Waals surface area contributed by atoms with E-state index in [0.29, 0.717) is 29.4 Å². The Labute approximate surface area is 153 Å². The number of ether oxygens (including phenoxy) is 1. The number of aromatic nitrogens is 2. The summed E-state index contributed by atoms with van der Waals surface area (Å²) in [5.74, 6) is -0.142. The van der Waals surface area contributed by atoms with Crippen LogP contribution in [0.15, 0.2) is 47.2 Å². The number of aliphatic hydroxyl groups is 1. The zero-order chi connectivity index (χ0) is 19.0. The van der Waals surface area contributed by atoms with Gasteiger partial charge >= 0.3 is 6.09 Å². The normalized spacial score (nSPS) is 16.8. The highest BCUT2D eigenvalue weighted by atomic mass is 19.1. The van der Waals surface area contributed by atoms with Crippen molar-refractivity contribution in [1.29, 1.82) is 0 Å². The molecule has 1 aliphatic rings. The Bertz CT molecular complexity index is 983. The van der Waals surface area contributed by atoms with Crippen LogP contribution in [0.4, 0.5) is 14.9 Å². The SMILES string of the molecule is NC[C@H]1CN(c2ccc(-n3ccc(-c4cc(CO)on4)c3)c(F)c2)C(=O)O1. The lowest BCUT2D eigenvalue weighted by Gasteiger charge is -2.14. The molecule has 0 aliphatic carbocycles. The molecule has 4 rings (SSSR count). The van der Waals surface area contributed by atoms with Crippen LogP contribution in [0.1, 0.15) is 5.76 Å². The van der Waals surface area contributed by atoms with E-state index < -0.39 is 18.0 Å². The third kappa shape index (κ3) is 3.18. The largest absolute Gasteiger partial charge is 0.443 e. The maximum absolute atomic E-state index is 14.7. The van der Waals surface area contributed by atoms with Crippen molar-refractivity contribution in [2.75, 3.05) is 18.0 Å². The number of hydrogen-bond donors (Lipinski definition) is 2. The molecule has 3 aromatic rings. The quantitative estimate of drug-likeness (QED) is 0.710. The van der Waals surface area contributed by atoms with Gasteiger partial charge in [0.25, 0.3) is 0 Å². The van der Waals surface area contributed by atoms with Crippen LogP contribution >= 0.6 is 0 Å². The number of amides is 1. The molecule has 1 aliphatic heterocycles. The monoisotopic (exact) mass is 372 g/mol. The van der Waals surface area contributed by atoms with Crippen molar-refractivity contribution in [3.8, 4) is 16.9 Å². The molecule has 27 heavy (non-hydrogen) atoms. The van der Waals surface area contributed by atoms with Gasteiger partial charge in [-0.1, -0.05) is 5.16 Å². The summed E-state index contributed by atoms with van der Waals surface area (Å²) in [6, 6.07) is 7.90. The molecular formula is C18H17FN4O4. The lowest BCUT2D eigenvalue weighted by atomic mass is 10.2. The number of carbonyl (C=O) groups excluding carboxylic acids is 1. The van der Waals surface area contributed by atoms with E-state index >= 15 is 0 Å². The Hall–Kier alpha value is -3.17. The highest BCUT2D eigenvalue weighted by Crippen LogP contribution is 2.27. The van der Waals surface area contributed by atoms with Gasteiger partial charge in [-0.3, -0.25) is 4.90 Å². The molecule has 3 heterocycles. The van der Waals surface area contributed by atoms with Crippen molar-refractivity contribution < 1.29 is 23.6 Å². The lowest BCUT2D eigenvalue weighted by Crippen LogP contribution is -2.27. The van der Waals surface area contributed by atoms with Gasteiger partial charge in [-0.15, -0.1) is 0 Å². The molecule has 1 fully saturated rings. The van der Waals surface area contributed by atoms with Crippen LogP contribution in [0.2, 0.25) is 0 Å². The van der Waals surface area contributed by atoms with Crippen molar-refractivity contribution >= 4 is 11.8 Å². The fourth-order valence-electron chi connectivity index (χ4n) is 2.95. The fraction of sp³-hybridized carbons (Fsp3) is 0.222. The number of rotatable bonds is 5. The fourth-order valence-corrected chi connectivity index (χ4v) is 2.95. The molecule has 0 spiro atoms. The molecule has 1 amide bonds. The van der Waals surface area contributed by atoms with Crippen LogP contribution < -0.4 is 10.6 Å². The zero-order valence-corrected chi connectivity index (χ0v) is 14.2. The summed E-state index contributed by atoms with van der Waals surface area (Å²) in [6.07, 6.45) is 2.46. The van der Waals surface area contributed by atoms with Gasteiger partial charge in [0, 0.05) is 30.6 Å². The third-order valence-electron chi connectivity index (χ3n) is 4.36. The Kier molecular flexibility index (Phi) is 4.38. The number of aliphatic hydroxyl groups excluding tert-OH is 1. The van der Waals surface area contributed by atoms with Crippen molar-refractivity contribution in [3.05, 3.63) is 54.3 Å². The number of anilines is 1. The maximum Gasteiger partial charge on any atom is 0.414 e. The molecule has 2 aromatic heterocycles. The molecule has 140 valence electrons. The third-order valence-corrected chi connectivity index (χ3v) is 4.36. The maximum atomic E-state index is 14.7. The molecule has 0 bridgehead atoms. The van der Waals surface area contributed by atoms with E-state index in [0.717, 1.165) is 5.56 Å². The first-order valence-corrected chi connectivity index (χ1v) is 8.32. The van der Waals surface area contributed by atoms with E-state index in [9.17, 15) is 9.18 Å². The summed E-state index contributed by atoms with van der Waals surface area (Å²) in [7, 11) is 0. The van der Waals surface area contributed by atoms with Crippen molar-refractivity contribution in [1.82, 2.24) is 9.72 Å². The number of benzene rings is 1. The number of nitrogens with two attached hydrogens (primary N) is 1. The minimum atomic E-state index is -0.536. The standard InChI is InChI=1S/C18H17FN4O4/c19-15-5-12(23-9-14(7-20)26-18(23)25)1-2-17(15)22-4-3-11(8-22)16-6-13(10-24)27-21-16/h1-6,8,14,24H,7,9-10,20H2/t14-/m0/s1. The molecule has 0 saturated carbocycles. The van der Waals surface area contributed by atoms with Crippen LogP contribution in [0.5, 0.6) is 0 Å². The predicted molar refractivity (Wildman–Crippen MR) is 93.8 cm³/mol. The number of carbonyl (C=O) groups is 1. The van der Waals surface area contributed by atoms with Crippen molar-refractivity contribution in [3.63, 3.8) is 0 Å². The van der Waals surface area contributed by atoms with Gasteiger partial charge in [-0.05, 0) is 24.3 Å². The second-order valence-electron chi connectivity index (χ2n) is 6.13. The van der Waals surface area contributed by atoms with Crippen LogP contribution in [-0.2, 0) is 11.3 Å². The Morgan fingerprint density at radius 3 is 2.85 bits per heavy atom. The Morgan fingerprint density at radius 1 is 1.33 bits per heavy atom. The van der Waals surface area contributed by atoms with Gasteiger partial charge in [0.05, 0.1) is 17.9 Å². The first-order valence-electron chi connectivity index (χ1n) is 8.32. The number of nitrogens with zero attached hydrogens (tertiary/aromatic N) is 3. The van der Waals surface area contributed by atoms with Crippen molar-refractivity contribution in [2.24, 2.45) is 5.73 Å². The summed E-state index contributed by atoms with van der Waals surface area (Å²) in [4.78, 5) is 13.2. The van der Waals surface area contributed by atoms with Gasteiger partial charge in [-0.2, -0.15) is 0 Å². The summed E-state index contributed by atoms with van der Waals surface area (Å²) in [5.41, 5.74) is 7.51. The Morgan fingerprint density at radius 2 is 2.19 bits per heavy atom. The van der Waals surface area contributed by atoms with Crippen molar-refractivity contribution in [2.45, 2.75) is 12.7 Å². The Balaban J connectivity index is 1.59. The molecule has 1 aromatic carbocycles. The average molecular weight is 372 g/mol. The van der Waals surface area contributed by atoms with E-state index in [1.165, 1.54) is 11.0 Å². The highest BCUT2D eigenvalue weighted by molar-refractivity contribution is 5.89. The summed E-state index contributed by atoms with van der Waals surface area (Å²) >= 11 is 0. The number of halogens is 1. The topological polar surface area (TPSA) is 107 Å². The number of cyclic esters (lactones) is 1. The molecule has 1 saturated heterocycles. The van der Waals surface area contributed by atoms with Crippen LogP contribution in [-0.4, -0.2) is 40.1 Å². The van der Waals surface area contributed by atoms with E-state index in [4.69, 9.17) is 20.1 Å². The lowest BCUT2D eigenvalue weighted by molar-refractivity contribution is 0.145. The van der Waals surface area contributed by atoms with Gasteiger partial charge < -0.3 is 24.7 Å². The van der Waals surface area contributed by atoms with E-state index in [1.54, 1.807) is 41.2 Å². The molecule has 0 unspecified atom stereocenters. The second-order valence-corrected chi connectivity index (χ2v) is 6.13. The first kappa shape index (κ1) is 17.3. The molecule has 0 radical (unpaired) electrons. The van der Waals surface area contributed by atoms with Crippen LogP contribution in [0.3, 0.4) is 0 Å². The van der Waals surface area contributed by atoms with Gasteiger partial charge in [0.2, 0.25) is 0 Å². The van der Waals surface area contributed by atoms with Gasteiger partial charge in [0.1, 0.15) is 24.2 Å². The average Bonchev–Trinajstić information content (AvgIpc) is 3.40. The molecular weight excluding hydrogens is 355 g/mol. The van der Waals surface area contributed by atoms with Crippen LogP contribution in [0.25, 0.3) is 16.9 Å². The summed E-state index contributed by atoms with van der Waals surface area (Å²) in [5, 5.41) is 12.9. The van der Waals surface area contributed by atoms with E-state index in [-0.39, 0.29) is 13.2 Å². The number of hydrogen-bond acceptors (Lipinski definition) is 6. The minimum Gasteiger partial charge on any atom is -0.443 e. The first-order chi connectivity index (χ1) is 13.1.